The Balaban J connectivity index is 2.09. The van der Waals surface area contributed by atoms with E-state index in [2.05, 4.69) is 0 Å². The summed E-state index contributed by atoms with van der Waals surface area (Å²) < 4.78 is 45.7. The summed E-state index contributed by atoms with van der Waals surface area (Å²) in [6.45, 7) is -0.174. The van der Waals surface area contributed by atoms with E-state index < -0.39 is 40.3 Å². The maximum absolute atomic E-state index is 13.3. The molecule has 1 amide bonds. The summed E-state index contributed by atoms with van der Waals surface area (Å²) >= 11 is 0. The van der Waals surface area contributed by atoms with Crippen molar-refractivity contribution in [2.45, 2.75) is 24.7 Å². The maximum Gasteiger partial charge on any atom is 0.431 e. The van der Waals surface area contributed by atoms with E-state index in [0.717, 1.165) is 4.57 Å². The first-order valence-corrected chi connectivity index (χ1v) is 7.71. The Bertz CT molecular complexity index is 1030. The normalized spacial score (nSPS) is 18.9. The number of nitrogens with one attached hydrogen (secondary N) is 2. The fraction of sp³-hybridized carbons (Fsp3) is 0.312. The number of para-hydroxylation sites is 1. The second-order valence-corrected chi connectivity index (χ2v) is 5.86. The highest BCUT2D eigenvalue weighted by molar-refractivity contribution is 6.04. The molecular weight excluding hydrogens is 371 g/mol. The zero-order chi connectivity index (χ0) is 20.0. The molecule has 0 fully saturated rings. The number of methoxy groups -OCH3 is 1. The molecule has 3 N–H and O–H groups in total. The van der Waals surface area contributed by atoms with Crippen LogP contribution in [0.15, 0.2) is 33.9 Å². The van der Waals surface area contributed by atoms with Crippen LogP contribution in [0, 0.1) is 0 Å². The van der Waals surface area contributed by atoms with E-state index in [-0.39, 0.29) is 13.0 Å². The molecule has 27 heavy (non-hydrogen) atoms. The highest BCUT2D eigenvalue weighted by Crippen LogP contribution is 2.44. The van der Waals surface area contributed by atoms with Gasteiger partial charge in [0.15, 0.2) is 0 Å². The summed E-state index contributed by atoms with van der Waals surface area (Å²) in [5.41, 5.74) is -7.13. The Morgan fingerprint density at radius 2 is 1.89 bits per heavy atom. The van der Waals surface area contributed by atoms with E-state index in [1.807, 2.05) is 5.32 Å². The van der Waals surface area contributed by atoms with Gasteiger partial charge in [-0.1, -0.05) is 18.2 Å². The first-order chi connectivity index (χ1) is 12.6. The van der Waals surface area contributed by atoms with Crippen molar-refractivity contribution in [3.63, 3.8) is 0 Å². The molecule has 1 aliphatic heterocycles. The van der Waals surface area contributed by atoms with E-state index in [4.69, 9.17) is 4.74 Å². The summed E-state index contributed by atoms with van der Waals surface area (Å²) in [5.74, 6) is -2.02. The molecule has 0 spiro atoms. The number of rotatable bonds is 4. The lowest BCUT2D eigenvalue weighted by atomic mass is 9.97. The number of amides is 1. The number of carbonyl (C=O) groups excluding carboxylic acids is 1. The summed E-state index contributed by atoms with van der Waals surface area (Å²) in [6.07, 6.45) is -5.29. The third-order valence-electron chi connectivity index (χ3n) is 4.33. The topological polar surface area (TPSA) is 113 Å². The quantitative estimate of drug-likeness (QED) is 0.709. The molecule has 0 bridgehead atoms. The van der Waals surface area contributed by atoms with Crippen LogP contribution < -0.4 is 21.3 Å². The Morgan fingerprint density at radius 3 is 2.52 bits per heavy atom. The molecular formula is C16H14F3N3O5. The van der Waals surface area contributed by atoms with E-state index >= 15 is 0 Å². The maximum atomic E-state index is 13.3. The van der Waals surface area contributed by atoms with Gasteiger partial charge in [0.1, 0.15) is 17.1 Å². The van der Waals surface area contributed by atoms with Gasteiger partial charge >= 0.3 is 11.9 Å². The molecule has 0 unspecified atom stereocenters. The molecule has 0 saturated carbocycles. The van der Waals surface area contributed by atoms with Gasteiger partial charge in [0, 0.05) is 6.54 Å². The number of aryl methyl sites for hydroxylation is 1. The van der Waals surface area contributed by atoms with Crippen molar-refractivity contribution in [1.29, 1.82) is 0 Å². The smallest absolute Gasteiger partial charge is 0.431 e. The minimum Gasteiger partial charge on any atom is -0.496 e. The van der Waals surface area contributed by atoms with E-state index in [9.17, 15) is 32.7 Å². The fourth-order valence-corrected chi connectivity index (χ4v) is 2.97. The summed E-state index contributed by atoms with van der Waals surface area (Å²) in [4.78, 5) is 37.6. The van der Waals surface area contributed by atoms with Gasteiger partial charge in [-0.15, -0.1) is 0 Å². The van der Waals surface area contributed by atoms with E-state index in [1.165, 1.54) is 7.11 Å². The molecule has 3 rings (SSSR count). The van der Waals surface area contributed by atoms with Crippen LogP contribution >= 0.6 is 0 Å². The van der Waals surface area contributed by atoms with Crippen LogP contribution in [0.4, 0.5) is 19.0 Å². The number of aromatic nitrogens is 2. The first-order valence-electron chi connectivity index (χ1n) is 7.71. The van der Waals surface area contributed by atoms with Gasteiger partial charge in [0.25, 0.3) is 17.1 Å². The van der Waals surface area contributed by atoms with Gasteiger partial charge in [-0.25, -0.2) is 4.79 Å². The summed E-state index contributed by atoms with van der Waals surface area (Å²) in [5, 5.41) is 11.7. The molecule has 2 heterocycles. The van der Waals surface area contributed by atoms with Crippen LogP contribution in [-0.2, 0) is 23.4 Å². The van der Waals surface area contributed by atoms with Gasteiger partial charge in [0.2, 0.25) is 0 Å². The second-order valence-electron chi connectivity index (χ2n) is 5.86. The van der Waals surface area contributed by atoms with Crippen LogP contribution in [0.3, 0.4) is 0 Å². The number of hydrogen-bond donors (Lipinski definition) is 3. The molecule has 2 aromatic rings. The molecule has 0 radical (unpaired) electrons. The van der Waals surface area contributed by atoms with Gasteiger partial charge in [-0.3, -0.25) is 19.1 Å². The van der Waals surface area contributed by atoms with Crippen molar-refractivity contribution in [1.82, 2.24) is 9.55 Å². The second kappa shape index (κ2) is 6.27. The van der Waals surface area contributed by atoms with Gasteiger partial charge < -0.3 is 15.2 Å². The van der Waals surface area contributed by atoms with Gasteiger partial charge in [-0.05, 0) is 18.1 Å². The molecule has 0 saturated heterocycles. The number of benzene rings is 1. The van der Waals surface area contributed by atoms with Crippen molar-refractivity contribution >= 4 is 11.7 Å². The molecule has 0 aliphatic carbocycles. The lowest BCUT2D eigenvalue weighted by Gasteiger charge is -2.22. The minimum absolute atomic E-state index is 0.155. The lowest BCUT2D eigenvalue weighted by Crippen LogP contribution is -2.50. The predicted octanol–water partition coefficient (Wildman–Crippen LogP) is 0.490. The number of fused-ring (bicyclic) bond motifs is 1. The highest BCUT2D eigenvalue weighted by Gasteiger charge is 2.66. The number of aromatic amines is 1. The van der Waals surface area contributed by atoms with E-state index in [0.29, 0.717) is 11.3 Å². The van der Waals surface area contributed by atoms with Crippen molar-refractivity contribution in [3.05, 3.63) is 56.2 Å². The number of alkyl halides is 3. The van der Waals surface area contributed by atoms with E-state index in [1.54, 1.807) is 29.2 Å². The zero-order valence-electron chi connectivity index (χ0n) is 13.9. The molecule has 1 aromatic heterocycles. The highest BCUT2D eigenvalue weighted by atomic mass is 19.4. The van der Waals surface area contributed by atoms with Crippen LogP contribution in [0.5, 0.6) is 5.75 Å². The van der Waals surface area contributed by atoms with Gasteiger partial charge in [-0.2, -0.15) is 13.2 Å². The monoisotopic (exact) mass is 385 g/mol. The Labute approximate surface area is 149 Å². The molecule has 1 aromatic carbocycles. The van der Waals surface area contributed by atoms with Crippen LogP contribution in [0.2, 0.25) is 0 Å². The Kier molecular flexibility index (Phi) is 4.34. The average molecular weight is 385 g/mol. The summed E-state index contributed by atoms with van der Waals surface area (Å²) in [6, 6.07) is 6.79. The number of halogens is 3. The number of carbonyl (C=O) groups is 1. The Morgan fingerprint density at radius 1 is 1.22 bits per heavy atom. The number of nitrogens with zero attached hydrogens (tertiary/aromatic N) is 1. The average Bonchev–Trinajstić information content (AvgIpc) is 2.87. The lowest BCUT2D eigenvalue weighted by molar-refractivity contribution is -0.252. The van der Waals surface area contributed by atoms with Crippen molar-refractivity contribution < 1.29 is 27.8 Å². The minimum atomic E-state index is -5.44. The number of anilines is 1. The summed E-state index contributed by atoms with van der Waals surface area (Å²) in [7, 11) is 1.44. The molecule has 11 heteroatoms. The fourth-order valence-electron chi connectivity index (χ4n) is 2.97. The number of ether oxygens (including phenoxy) is 1. The van der Waals surface area contributed by atoms with Crippen molar-refractivity contribution in [3.8, 4) is 5.75 Å². The molecule has 144 valence electrons. The first kappa shape index (κ1) is 18.7. The van der Waals surface area contributed by atoms with Crippen LogP contribution in [0.25, 0.3) is 0 Å². The molecule has 8 nitrogen and oxygen atoms in total. The van der Waals surface area contributed by atoms with Crippen molar-refractivity contribution in [2.24, 2.45) is 0 Å². The van der Waals surface area contributed by atoms with Gasteiger partial charge in [0.05, 0.1) is 7.11 Å². The number of hydrogen-bond acceptors (Lipinski definition) is 5. The SMILES string of the molecule is COc1ccccc1CCn1c2c(c(=O)[nH]c1=O)[C@](O)(C(F)(F)F)C(=O)N2. The molecule has 1 atom stereocenters. The number of aliphatic hydroxyl groups is 1. The standard InChI is InChI=1S/C16H14F3N3O5/c1-27-9-5-3-2-4-8(9)6-7-22-11-10(12(23)21-14(22)25)15(26,13(24)20-11)16(17,18)19/h2-5,26H,6-7H2,1H3,(H,20,24)(H,21,23,25)/t15-/m1/s1. The van der Waals surface area contributed by atoms with Crippen LogP contribution in [0.1, 0.15) is 11.1 Å². The predicted molar refractivity (Wildman–Crippen MR) is 86.6 cm³/mol. The zero-order valence-corrected chi connectivity index (χ0v) is 13.9. The largest absolute Gasteiger partial charge is 0.496 e. The third-order valence-corrected chi connectivity index (χ3v) is 4.33. The molecule has 1 aliphatic rings. The number of H-pyrrole nitrogens is 1. The van der Waals surface area contributed by atoms with Crippen molar-refractivity contribution in [2.75, 3.05) is 12.4 Å². The Hall–Kier alpha value is -3.08. The third kappa shape index (κ3) is 2.79. The van der Waals surface area contributed by atoms with Crippen LogP contribution in [-0.4, -0.2) is 33.9 Å².